The van der Waals surface area contributed by atoms with Gasteiger partial charge in [-0.05, 0) is 25.3 Å². The third-order valence-electron chi connectivity index (χ3n) is 4.10. The van der Waals surface area contributed by atoms with E-state index in [-0.39, 0.29) is 0 Å². The minimum absolute atomic E-state index is 0.509. The molecule has 1 unspecified atom stereocenters. The van der Waals surface area contributed by atoms with Crippen molar-refractivity contribution in [2.24, 2.45) is 0 Å². The highest BCUT2D eigenvalue weighted by Gasteiger charge is 2.31. The lowest BCUT2D eigenvalue weighted by atomic mass is 9.89. The SMILES string of the molecule is CC1CNc2c3c(nc[n+]21)-c1ccccc1CC3. The summed E-state index contributed by atoms with van der Waals surface area (Å²) in [4.78, 5) is 4.71. The third-order valence-corrected chi connectivity index (χ3v) is 4.10. The largest absolute Gasteiger partial charge is 0.302 e. The third kappa shape index (κ3) is 1.24. The van der Waals surface area contributed by atoms with Gasteiger partial charge in [-0.25, -0.2) is 4.57 Å². The molecule has 0 fully saturated rings. The van der Waals surface area contributed by atoms with E-state index in [1.165, 1.54) is 28.2 Å². The molecule has 1 atom stereocenters. The molecule has 0 bridgehead atoms. The molecule has 2 heterocycles. The summed E-state index contributed by atoms with van der Waals surface area (Å²) in [5.74, 6) is 1.28. The van der Waals surface area contributed by atoms with Crippen molar-refractivity contribution in [2.45, 2.75) is 25.8 Å². The second kappa shape index (κ2) is 3.55. The molecule has 1 N–H and O–H groups in total. The first-order valence-electron chi connectivity index (χ1n) is 6.60. The molecule has 18 heavy (non-hydrogen) atoms. The van der Waals surface area contributed by atoms with Crippen LogP contribution in [-0.2, 0) is 12.8 Å². The van der Waals surface area contributed by atoms with Gasteiger partial charge in [0, 0.05) is 5.56 Å². The molecule has 3 nitrogen and oxygen atoms in total. The van der Waals surface area contributed by atoms with Crippen LogP contribution in [0.4, 0.5) is 5.82 Å². The maximum Gasteiger partial charge on any atom is 0.228 e. The summed E-state index contributed by atoms with van der Waals surface area (Å²) in [6.45, 7) is 3.24. The quantitative estimate of drug-likeness (QED) is 0.712. The molecule has 0 radical (unpaired) electrons. The standard InChI is InChI=1S/C15H15N3/c1-10-8-16-15-13-7-6-11-4-2-3-5-12(11)14(13)17-9-18(10)15/h2-5,9-10H,6-8H2,1H3/p+1. The van der Waals surface area contributed by atoms with Gasteiger partial charge in [0.1, 0.15) is 6.04 Å². The molecule has 0 saturated carbocycles. The first-order chi connectivity index (χ1) is 8.84. The highest BCUT2D eigenvalue weighted by molar-refractivity contribution is 5.72. The summed E-state index contributed by atoms with van der Waals surface area (Å²) in [6.07, 6.45) is 4.20. The van der Waals surface area contributed by atoms with E-state index in [0.29, 0.717) is 6.04 Å². The Bertz CT molecular complexity index is 634. The number of aryl methyl sites for hydroxylation is 1. The van der Waals surface area contributed by atoms with E-state index in [0.717, 1.165) is 19.4 Å². The Morgan fingerprint density at radius 2 is 2.17 bits per heavy atom. The van der Waals surface area contributed by atoms with E-state index >= 15 is 0 Å². The average molecular weight is 238 g/mol. The summed E-state index contributed by atoms with van der Waals surface area (Å²) >= 11 is 0. The topological polar surface area (TPSA) is 28.8 Å². The van der Waals surface area contributed by atoms with E-state index in [2.05, 4.69) is 41.1 Å². The molecule has 4 rings (SSSR count). The smallest absolute Gasteiger partial charge is 0.228 e. The number of benzene rings is 1. The van der Waals surface area contributed by atoms with Crippen LogP contribution in [0.2, 0.25) is 0 Å². The molecular formula is C15H16N3+. The molecule has 0 saturated heterocycles. The predicted octanol–water partition coefficient (Wildman–Crippen LogP) is 2.12. The Kier molecular flexibility index (Phi) is 1.98. The van der Waals surface area contributed by atoms with Crippen molar-refractivity contribution in [1.29, 1.82) is 0 Å². The fraction of sp³-hybridized carbons (Fsp3) is 0.333. The Labute approximate surface area is 107 Å². The molecule has 90 valence electrons. The number of nitrogens with one attached hydrogen (secondary N) is 1. The predicted molar refractivity (Wildman–Crippen MR) is 70.5 cm³/mol. The molecule has 1 aliphatic carbocycles. The summed E-state index contributed by atoms with van der Waals surface area (Å²) in [6, 6.07) is 9.14. The van der Waals surface area contributed by atoms with Crippen molar-refractivity contribution in [3.63, 3.8) is 0 Å². The zero-order valence-electron chi connectivity index (χ0n) is 10.5. The number of nitrogens with zero attached hydrogens (tertiary/aromatic N) is 2. The van der Waals surface area contributed by atoms with Gasteiger partial charge in [0.05, 0.1) is 12.1 Å². The lowest BCUT2D eigenvalue weighted by molar-refractivity contribution is -0.696. The maximum atomic E-state index is 4.71. The number of hydrogen-bond donors (Lipinski definition) is 1. The Balaban J connectivity index is 1.97. The van der Waals surface area contributed by atoms with E-state index in [1.807, 2.05) is 6.33 Å². The number of anilines is 1. The molecule has 0 amide bonds. The molecular weight excluding hydrogens is 222 g/mol. The summed E-state index contributed by atoms with van der Waals surface area (Å²) in [7, 11) is 0. The van der Waals surface area contributed by atoms with Crippen LogP contribution in [0.3, 0.4) is 0 Å². The summed E-state index contributed by atoms with van der Waals surface area (Å²) in [5, 5.41) is 3.53. The minimum atomic E-state index is 0.509. The van der Waals surface area contributed by atoms with E-state index in [1.54, 1.807) is 0 Å². The molecule has 1 aromatic carbocycles. The molecule has 1 aliphatic heterocycles. The van der Waals surface area contributed by atoms with E-state index in [9.17, 15) is 0 Å². The van der Waals surface area contributed by atoms with E-state index in [4.69, 9.17) is 4.98 Å². The van der Waals surface area contributed by atoms with Crippen LogP contribution in [0, 0.1) is 0 Å². The Morgan fingerprint density at radius 1 is 1.28 bits per heavy atom. The van der Waals surface area contributed by atoms with Crippen LogP contribution in [-0.4, -0.2) is 11.5 Å². The first-order valence-corrected chi connectivity index (χ1v) is 6.60. The average Bonchev–Trinajstić information content (AvgIpc) is 2.80. The molecule has 0 spiro atoms. The van der Waals surface area contributed by atoms with Crippen LogP contribution in [0.15, 0.2) is 30.6 Å². The number of rotatable bonds is 0. The van der Waals surface area contributed by atoms with Gasteiger partial charge in [0.2, 0.25) is 12.1 Å². The normalized spacial score (nSPS) is 19.7. The summed E-state index contributed by atoms with van der Waals surface area (Å²) < 4.78 is 2.27. The van der Waals surface area contributed by atoms with Gasteiger partial charge in [0.15, 0.2) is 5.69 Å². The minimum Gasteiger partial charge on any atom is -0.302 e. The van der Waals surface area contributed by atoms with Crippen molar-refractivity contribution in [1.82, 2.24) is 4.98 Å². The molecule has 2 aromatic rings. The van der Waals surface area contributed by atoms with E-state index < -0.39 is 0 Å². The van der Waals surface area contributed by atoms with Gasteiger partial charge in [-0.2, -0.15) is 0 Å². The van der Waals surface area contributed by atoms with Crippen LogP contribution in [0.25, 0.3) is 11.3 Å². The number of fused-ring (bicyclic) bond motifs is 5. The second-order valence-electron chi connectivity index (χ2n) is 5.21. The lowest BCUT2D eigenvalue weighted by Crippen LogP contribution is -2.36. The first kappa shape index (κ1) is 10.1. The van der Waals surface area contributed by atoms with Gasteiger partial charge in [-0.3, -0.25) is 0 Å². The fourth-order valence-corrected chi connectivity index (χ4v) is 3.10. The van der Waals surface area contributed by atoms with Gasteiger partial charge in [-0.1, -0.05) is 24.3 Å². The van der Waals surface area contributed by atoms with Gasteiger partial charge in [-0.15, -0.1) is 4.98 Å². The monoisotopic (exact) mass is 238 g/mol. The van der Waals surface area contributed by atoms with Gasteiger partial charge >= 0.3 is 0 Å². The Hall–Kier alpha value is -1.90. The zero-order chi connectivity index (χ0) is 12.1. The fourth-order valence-electron chi connectivity index (χ4n) is 3.10. The van der Waals surface area contributed by atoms with Crippen LogP contribution >= 0.6 is 0 Å². The number of hydrogen-bond acceptors (Lipinski definition) is 2. The Morgan fingerprint density at radius 3 is 3.11 bits per heavy atom. The van der Waals surface area contributed by atoms with Crippen LogP contribution < -0.4 is 9.88 Å². The maximum absolute atomic E-state index is 4.71. The summed E-state index contributed by atoms with van der Waals surface area (Å²) in [5.41, 5.74) is 5.29. The van der Waals surface area contributed by atoms with Crippen LogP contribution in [0.5, 0.6) is 0 Å². The highest BCUT2D eigenvalue weighted by Crippen LogP contribution is 2.35. The van der Waals surface area contributed by atoms with Crippen LogP contribution in [0.1, 0.15) is 24.1 Å². The number of aromatic nitrogens is 2. The molecule has 3 heteroatoms. The highest BCUT2D eigenvalue weighted by atomic mass is 15.2. The van der Waals surface area contributed by atoms with Crippen molar-refractivity contribution in [3.05, 3.63) is 41.7 Å². The zero-order valence-corrected chi connectivity index (χ0v) is 10.5. The van der Waals surface area contributed by atoms with Crippen molar-refractivity contribution < 1.29 is 4.57 Å². The van der Waals surface area contributed by atoms with Gasteiger partial charge < -0.3 is 5.32 Å². The molecule has 1 aromatic heterocycles. The van der Waals surface area contributed by atoms with Crippen molar-refractivity contribution in [3.8, 4) is 11.3 Å². The molecule has 2 aliphatic rings. The lowest BCUT2D eigenvalue weighted by Gasteiger charge is -2.17. The van der Waals surface area contributed by atoms with Crippen molar-refractivity contribution >= 4 is 5.82 Å². The second-order valence-corrected chi connectivity index (χ2v) is 5.21. The van der Waals surface area contributed by atoms with Gasteiger partial charge in [0.25, 0.3) is 0 Å². The van der Waals surface area contributed by atoms with Crippen molar-refractivity contribution in [2.75, 3.05) is 11.9 Å².